The Morgan fingerprint density at radius 2 is 1.64 bits per heavy atom. The summed E-state index contributed by atoms with van der Waals surface area (Å²) < 4.78 is 7.58. The average Bonchev–Trinajstić information content (AvgIpc) is 3.67. The largest absolute Gasteiger partial charge is 0.444 e. The Labute approximate surface area is 261 Å². The molecule has 4 aromatic rings. The van der Waals surface area contributed by atoms with Gasteiger partial charge in [0.05, 0.1) is 45.8 Å². The van der Waals surface area contributed by atoms with Crippen molar-refractivity contribution in [2.75, 3.05) is 19.6 Å². The predicted octanol–water partition coefficient (Wildman–Crippen LogP) is 5.95. The number of hydrogen-bond donors (Lipinski definition) is 0. The van der Waals surface area contributed by atoms with Crippen LogP contribution in [0.4, 0.5) is 4.79 Å². The maximum absolute atomic E-state index is 12.8. The fourth-order valence-corrected chi connectivity index (χ4v) is 6.75. The minimum Gasteiger partial charge on any atom is -0.444 e. The fraction of sp³-hybridized carbons (Fsp3) is 0.429. The topological polar surface area (TPSA) is 111 Å². The smallest absolute Gasteiger partial charge is 0.410 e. The summed E-state index contributed by atoms with van der Waals surface area (Å²) in [6.07, 6.45) is 7.67. The molecule has 2 aromatic carbocycles. The van der Waals surface area contributed by atoms with Gasteiger partial charge in [-0.1, -0.05) is 18.2 Å². The zero-order chi connectivity index (χ0) is 31.0. The van der Waals surface area contributed by atoms with E-state index in [-0.39, 0.29) is 35.8 Å². The first-order valence-corrected chi connectivity index (χ1v) is 15.9. The molecule has 2 aromatic heterocycles. The molecule has 0 radical (unpaired) electrons. The maximum Gasteiger partial charge on any atom is 0.410 e. The number of imide groups is 1. The number of aromatic nitrogens is 4. The van der Waals surface area contributed by atoms with Gasteiger partial charge in [0.1, 0.15) is 5.60 Å². The summed E-state index contributed by atoms with van der Waals surface area (Å²) in [5, 5.41) is 5.05. The third-order valence-electron chi connectivity index (χ3n) is 9.48. The Balaban J connectivity index is 0.967. The summed E-state index contributed by atoms with van der Waals surface area (Å²) >= 11 is 0. The summed E-state index contributed by atoms with van der Waals surface area (Å²) in [7, 11) is 0. The number of amides is 3. The van der Waals surface area contributed by atoms with E-state index >= 15 is 0 Å². The molecule has 8 rings (SSSR count). The molecule has 1 saturated heterocycles. The highest BCUT2D eigenvalue weighted by atomic mass is 16.6. The molecule has 3 fully saturated rings. The van der Waals surface area contributed by atoms with E-state index < -0.39 is 5.60 Å². The van der Waals surface area contributed by atoms with Crippen molar-refractivity contribution >= 4 is 28.9 Å². The maximum atomic E-state index is 12.8. The second-order valence-corrected chi connectivity index (χ2v) is 14.0. The minimum atomic E-state index is -0.508. The molecule has 230 valence electrons. The Morgan fingerprint density at radius 3 is 2.31 bits per heavy atom. The van der Waals surface area contributed by atoms with Crippen molar-refractivity contribution < 1.29 is 19.1 Å². The minimum absolute atomic E-state index is 0.188. The van der Waals surface area contributed by atoms with Crippen molar-refractivity contribution in [3.05, 3.63) is 77.2 Å². The van der Waals surface area contributed by atoms with E-state index in [1.54, 1.807) is 29.2 Å². The predicted molar refractivity (Wildman–Crippen MR) is 167 cm³/mol. The Bertz CT molecular complexity index is 1820. The lowest BCUT2D eigenvalue weighted by atomic mass is 9.80. The van der Waals surface area contributed by atoms with Gasteiger partial charge >= 0.3 is 6.09 Å². The van der Waals surface area contributed by atoms with E-state index in [0.29, 0.717) is 36.7 Å². The molecule has 10 nitrogen and oxygen atoms in total. The van der Waals surface area contributed by atoms with Gasteiger partial charge in [0.25, 0.3) is 11.8 Å². The molecule has 4 aliphatic rings. The monoisotopic (exact) mass is 604 g/mol. The molecule has 0 spiro atoms. The molecule has 0 atom stereocenters. The molecule has 3 amide bonds. The third-order valence-corrected chi connectivity index (χ3v) is 9.48. The second-order valence-electron chi connectivity index (χ2n) is 14.0. The lowest BCUT2D eigenvalue weighted by molar-refractivity contribution is 0.00818. The molecule has 0 N–H and O–H groups in total. The Hall–Kier alpha value is -4.60. The van der Waals surface area contributed by atoms with Gasteiger partial charge in [-0.15, -0.1) is 0 Å². The van der Waals surface area contributed by atoms with E-state index in [2.05, 4.69) is 23.0 Å². The number of nitrogens with zero attached hydrogens (tertiary/aromatic N) is 6. The van der Waals surface area contributed by atoms with Crippen LogP contribution in [0.1, 0.15) is 96.3 Å². The number of likely N-dealkylation sites (tertiary alicyclic amines) is 1. The number of hydrogen-bond acceptors (Lipinski definition) is 7. The van der Waals surface area contributed by atoms with E-state index in [4.69, 9.17) is 19.8 Å². The summed E-state index contributed by atoms with van der Waals surface area (Å²) in [5.41, 5.74) is 6.24. The van der Waals surface area contributed by atoms with E-state index in [9.17, 15) is 14.4 Å². The molecular formula is C35H36N6O4. The van der Waals surface area contributed by atoms with Gasteiger partial charge in [0, 0.05) is 43.2 Å². The highest BCUT2D eigenvalue weighted by Gasteiger charge is 2.41. The van der Waals surface area contributed by atoms with Crippen LogP contribution in [0.5, 0.6) is 0 Å². The first-order valence-electron chi connectivity index (χ1n) is 15.9. The Morgan fingerprint density at radius 1 is 0.933 bits per heavy atom. The van der Waals surface area contributed by atoms with Crippen molar-refractivity contribution in [3.8, 4) is 11.3 Å². The van der Waals surface area contributed by atoms with Crippen molar-refractivity contribution in [2.45, 2.75) is 69.9 Å². The van der Waals surface area contributed by atoms with Crippen LogP contribution in [-0.2, 0) is 4.74 Å². The molecule has 4 heterocycles. The zero-order valence-electron chi connectivity index (χ0n) is 25.8. The number of fused-ring (bicyclic) bond motifs is 2. The van der Waals surface area contributed by atoms with Gasteiger partial charge in [-0.3, -0.25) is 24.2 Å². The summed E-state index contributed by atoms with van der Waals surface area (Å²) in [6.45, 7) is 7.34. The van der Waals surface area contributed by atoms with Crippen LogP contribution in [0.3, 0.4) is 0 Å². The van der Waals surface area contributed by atoms with Gasteiger partial charge in [-0.2, -0.15) is 5.10 Å². The number of rotatable bonds is 6. The molecular weight excluding hydrogens is 568 g/mol. The highest BCUT2D eigenvalue weighted by Crippen LogP contribution is 2.46. The van der Waals surface area contributed by atoms with Gasteiger partial charge in [-0.25, -0.2) is 9.78 Å². The molecule has 45 heavy (non-hydrogen) atoms. The fourth-order valence-electron chi connectivity index (χ4n) is 6.75. The molecule has 2 saturated carbocycles. The van der Waals surface area contributed by atoms with Crippen LogP contribution in [0.2, 0.25) is 0 Å². The number of carbonyl (C=O) groups excluding carboxylic acids is 3. The lowest BCUT2D eigenvalue weighted by Crippen LogP contribution is -2.50. The van der Waals surface area contributed by atoms with Gasteiger partial charge in [0.2, 0.25) is 0 Å². The first kappa shape index (κ1) is 27.9. The summed E-state index contributed by atoms with van der Waals surface area (Å²) in [5.74, 6) is 0.558. The van der Waals surface area contributed by atoms with Crippen LogP contribution in [0.15, 0.2) is 54.9 Å². The normalized spacial score (nSPS) is 21.6. The Kier molecular flexibility index (Phi) is 6.34. The molecule has 0 bridgehead atoms. The van der Waals surface area contributed by atoms with E-state index in [0.717, 1.165) is 59.2 Å². The molecule has 2 aliphatic heterocycles. The van der Waals surface area contributed by atoms with Crippen molar-refractivity contribution in [1.82, 2.24) is 29.5 Å². The van der Waals surface area contributed by atoms with E-state index in [1.165, 1.54) is 4.90 Å². The van der Waals surface area contributed by atoms with Crippen LogP contribution < -0.4 is 0 Å². The number of ether oxygens (including phenoxy) is 1. The van der Waals surface area contributed by atoms with E-state index in [1.807, 2.05) is 33.0 Å². The van der Waals surface area contributed by atoms with Gasteiger partial charge < -0.3 is 9.64 Å². The third kappa shape index (κ3) is 5.06. The quantitative estimate of drug-likeness (QED) is 0.250. The van der Waals surface area contributed by atoms with Crippen LogP contribution in [-0.4, -0.2) is 72.7 Å². The van der Waals surface area contributed by atoms with Crippen molar-refractivity contribution in [2.24, 2.45) is 5.92 Å². The SMILES string of the molecule is CC(C)(C)OC(=O)N1CC(c2ccc3ncc(-c4cn(C5CC(CN6C(=O)c7ccccc7C6=O)C5)nc4C4CC4)nc3c2)C1. The zero-order valence-corrected chi connectivity index (χ0v) is 25.8. The lowest BCUT2D eigenvalue weighted by Gasteiger charge is -2.40. The first-order chi connectivity index (χ1) is 21.6. The van der Waals surface area contributed by atoms with Crippen LogP contribution >= 0.6 is 0 Å². The number of benzene rings is 2. The van der Waals surface area contributed by atoms with Crippen LogP contribution in [0, 0.1) is 5.92 Å². The van der Waals surface area contributed by atoms with Crippen LogP contribution in [0.25, 0.3) is 22.3 Å². The number of carbonyl (C=O) groups is 3. The van der Waals surface area contributed by atoms with Crippen molar-refractivity contribution in [3.63, 3.8) is 0 Å². The van der Waals surface area contributed by atoms with Gasteiger partial charge in [0.15, 0.2) is 0 Å². The van der Waals surface area contributed by atoms with Crippen molar-refractivity contribution in [1.29, 1.82) is 0 Å². The standard InChI is InChI=1S/C35H36N6O4/c1-35(2,3)45-34(44)39-17-23(18-39)22-10-11-28-29(14-22)37-30(15-36-28)27-19-41(38-31(27)21-8-9-21)24-12-20(13-24)16-40-32(42)25-6-4-5-7-26(25)33(40)43/h4-7,10-11,14-15,19-21,23-24H,8-9,12-13,16-18H2,1-3H3. The average molecular weight is 605 g/mol. The highest BCUT2D eigenvalue weighted by molar-refractivity contribution is 6.21. The molecule has 10 heteroatoms. The van der Waals surface area contributed by atoms with Gasteiger partial charge in [-0.05, 0) is 82.2 Å². The second kappa shape index (κ2) is 10.2. The molecule has 0 unspecified atom stereocenters. The molecule has 2 aliphatic carbocycles. The summed E-state index contributed by atoms with van der Waals surface area (Å²) in [4.78, 5) is 51.0. The summed E-state index contributed by atoms with van der Waals surface area (Å²) in [6, 6.07) is 13.5.